The first-order valence-electron chi connectivity index (χ1n) is 5.01. The summed E-state index contributed by atoms with van der Waals surface area (Å²) in [6.07, 6.45) is 1.58. The molecule has 84 valence electrons. The summed E-state index contributed by atoms with van der Waals surface area (Å²) in [4.78, 5) is 15.9. The van der Waals surface area contributed by atoms with Crippen molar-refractivity contribution < 1.29 is 9.53 Å². The lowest BCUT2D eigenvalue weighted by atomic mass is 9.90. The monoisotopic (exact) mass is 227 g/mol. The van der Waals surface area contributed by atoms with Crippen LogP contribution in [0.3, 0.4) is 0 Å². The number of carbonyl (C=O) groups excluding carboxylic acids is 1. The molecule has 1 aromatic heterocycles. The second-order valence-corrected chi connectivity index (χ2v) is 5.08. The molecule has 0 fully saturated rings. The number of methoxy groups -OCH3 is 1. The number of nitrogens with zero attached hydrogens (tertiary/aromatic N) is 1. The van der Waals surface area contributed by atoms with Crippen LogP contribution in [0.25, 0.3) is 0 Å². The number of thiazole rings is 1. The number of carbonyl (C=O) groups is 1. The summed E-state index contributed by atoms with van der Waals surface area (Å²) >= 11 is 1.61. The molecule has 4 heteroatoms. The molecule has 0 aromatic carbocycles. The first-order valence-corrected chi connectivity index (χ1v) is 5.89. The van der Waals surface area contributed by atoms with Crippen LogP contribution in [-0.2, 0) is 22.4 Å². The smallest absolute Gasteiger partial charge is 0.311 e. The van der Waals surface area contributed by atoms with E-state index >= 15 is 0 Å². The lowest BCUT2D eigenvalue weighted by molar-refractivity contribution is -0.150. The summed E-state index contributed by atoms with van der Waals surface area (Å²) in [5, 5.41) is 3.05. The Hall–Kier alpha value is -0.900. The van der Waals surface area contributed by atoms with Gasteiger partial charge in [0, 0.05) is 11.8 Å². The summed E-state index contributed by atoms with van der Waals surface area (Å²) in [5.41, 5.74) is 0.605. The van der Waals surface area contributed by atoms with Gasteiger partial charge in [0.25, 0.3) is 0 Å². The van der Waals surface area contributed by atoms with Crippen LogP contribution >= 0.6 is 11.3 Å². The van der Waals surface area contributed by atoms with Crippen molar-refractivity contribution in [3.8, 4) is 0 Å². The van der Waals surface area contributed by atoms with Crippen molar-refractivity contribution in [2.24, 2.45) is 5.41 Å². The molecule has 15 heavy (non-hydrogen) atoms. The van der Waals surface area contributed by atoms with Crippen molar-refractivity contribution >= 4 is 17.3 Å². The lowest BCUT2D eigenvalue weighted by Crippen LogP contribution is -2.27. The van der Waals surface area contributed by atoms with E-state index < -0.39 is 5.41 Å². The molecule has 0 saturated carbocycles. The van der Waals surface area contributed by atoms with Gasteiger partial charge in [-0.05, 0) is 20.3 Å². The molecule has 1 rings (SSSR count). The Morgan fingerprint density at radius 2 is 2.27 bits per heavy atom. The molecular formula is C11H17NO2S. The summed E-state index contributed by atoms with van der Waals surface area (Å²) in [6, 6.07) is 0. The highest BCUT2D eigenvalue weighted by Gasteiger charge is 2.30. The zero-order chi connectivity index (χ0) is 11.5. The molecule has 0 amide bonds. The van der Waals surface area contributed by atoms with E-state index in [2.05, 4.69) is 11.9 Å². The van der Waals surface area contributed by atoms with Crippen LogP contribution in [0, 0.1) is 5.41 Å². The standard InChI is InChI=1S/C11H17NO2S/c1-5-8-7-15-9(12-8)6-11(2,3)10(13)14-4/h7H,5-6H2,1-4H3. The van der Waals surface area contributed by atoms with Gasteiger partial charge in [-0.2, -0.15) is 0 Å². The second kappa shape index (κ2) is 4.75. The number of rotatable bonds is 4. The van der Waals surface area contributed by atoms with E-state index in [0.717, 1.165) is 17.1 Å². The number of hydrogen-bond donors (Lipinski definition) is 0. The molecule has 3 nitrogen and oxygen atoms in total. The molecule has 0 N–H and O–H groups in total. The predicted molar refractivity (Wildman–Crippen MR) is 61.0 cm³/mol. The number of aromatic nitrogens is 1. The third-order valence-electron chi connectivity index (χ3n) is 2.29. The molecule has 0 bridgehead atoms. The highest BCUT2D eigenvalue weighted by atomic mass is 32.1. The molecule has 0 spiro atoms. The molecule has 1 heterocycles. The third-order valence-corrected chi connectivity index (χ3v) is 3.19. The average molecular weight is 227 g/mol. The van der Waals surface area contributed by atoms with Crippen molar-refractivity contribution in [1.29, 1.82) is 0 Å². The Balaban J connectivity index is 2.72. The van der Waals surface area contributed by atoms with Crippen LogP contribution < -0.4 is 0 Å². The maximum absolute atomic E-state index is 11.5. The fourth-order valence-corrected chi connectivity index (χ4v) is 2.42. The Morgan fingerprint density at radius 3 is 2.73 bits per heavy atom. The zero-order valence-corrected chi connectivity index (χ0v) is 10.5. The van der Waals surface area contributed by atoms with Crippen molar-refractivity contribution in [2.75, 3.05) is 7.11 Å². The lowest BCUT2D eigenvalue weighted by Gasteiger charge is -2.19. The summed E-state index contributed by atoms with van der Waals surface area (Å²) in [7, 11) is 1.42. The summed E-state index contributed by atoms with van der Waals surface area (Å²) < 4.78 is 4.76. The van der Waals surface area contributed by atoms with Gasteiger partial charge in [0.15, 0.2) is 0 Å². The minimum Gasteiger partial charge on any atom is -0.469 e. The summed E-state index contributed by atoms with van der Waals surface area (Å²) in [5.74, 6) is -0.184. The number of esters is 1. The SMILES string of the molecule is CCc1csc(CC(C)(C)C(=O)OC)n1. The van der Waals surface area contributed by atoms with Crippen molar-refractivity contribution in [3.05, 3.63) is 16.1 Å². The topological polar surface area (TPSA) is 39.2 Å². The van der Waals surface area contributed by atoms with E-state index in [1.165, 1.54) is 7.11 Å². The maximum Gasteiger partial charge on any atom is 0.311 e. The fraction of sp³-hybridized carbons (Fsp3) is 0.636. The molecule has 1 aromatic rings. The van der Waals surface area contributed by atoms with E-state index in [9.17, 15) is 4.79 Å². The van der Waals surface area contributed by atoms with Crippen LogP contribution in [-0.4, -0.2) is 18.1 Å². The third kappa shape index (κ3) is 3.02. The minimum absolute atomic E-state index is 0.184. The molecule has 0 aliphatic heterocycles. The van der Waals surface area contributed by atoms with E-state index in [1.54, 1.807) is 11.3 Å². The van der Waals surface area contributed by atoms with Gasteiger partial charge >= 0.3 is 5.97 Å². The van der Waals surface area contributed by atoms with Gasteiger partial charge in [-0.1, -0.05) is 6.92 Å². The molecular weight excluding hydrogens is 210 g/mol. The van der Waals surface area contributed by atoms with Gasteiger partial charge in [-0.3, -0.25) is 4.79 Å². The van der Waals surface area contributed by atoms with Gasteiger partial charge in [0.05, 0.1) is 23.2 Å². The molecule has 0 radical (unpaired) electrons. The van der Waals surface area contributed by atoms with Gasteiger partial charge in [0.2, 0.25) is 0 Å². The van der Waals surface area contributed by atoms with E-state index in [0.29, 0.717) is 6.42 Å². The van der Waals surface area contributed by atoms with Crippen molar-refractivity contribution in [1.82, 2.24) is 4.98 Å². The maximum atomic E-state index is 11.5. The molecule has 0 atom stereocenters. The molecule has 0 saturated heterocycles. The minimum atomic E-state index is -0.488. The van der Waals surface area contributed by atoms with E-state index in [1.807, 2.05) is 19.2 Å². The molecule has 0 aliphatic carbocycles. The van der Waals surface area contributed by atoms with Gasteiger partial charge < -0.3 is 4.74 Å². The number of hydrogen-bond acceptors (Lipinski definition) is 4. The fourth-order valence-electron chi connectivity index (χ4n) is 1.32. The van der Waals surface area contributed by atoms with Crippen LogP contribution in [0.1, 0.15) is 31.5 Å². The van der Waals surface area contributed by atoms with E-state index in [4.69, 9.17) is 4.74 Å². The summed E-state index contributed by atoms with van der Waals surface area (Å²) in [6.45, 7) is 5.84. The van der Waals surface area contributed by atoms with Crippen molar-refractivity contribution in [3.63, 3.8) is 0 Å². The Bertz CT molecular complexity index is 344. The Kier molecular flexibility index (Phi) is 3.85. The zero-order valence-electron chi connectivity index (χ0n) is 9.66. The first-order chi connectivity index (χ1) is 6.99. The Morgan fingerprint density at radius 1 is 1.60 bits per heavy atom. The highest BCUT2D eigenvalue weighted by molar-refractivity contribution is 7.09. The largest absolute Gasteiger partial charge is 0.469 e. The van der Waals surface area contributed by atoms with E-state index in [-0.39, 0.29) is 5.97 Å². The second-order valence-electron chi connectivity index (χ2n) is 4.14. The van der Waals surface area contributed by atoms with Crippen LogP contribution in [0.5, 0.6) is 0 Å². The van der Waals surface area contributed by atoms with Crippen molar-refractivity contribution in [2.45, 2.75) is 33.6 Å². The Labute approximate surface area is 94.5 Å². The number of aryl methyl sites for hydroxylation is 1. The average Bonchev–Trinajstić information content (AvgIpc) is 2.63. The molecule has 0 unspecified atom stereocenters. The first kappa shape index (κ1) is 12.2. The van der Waals surface area contributed by atoms with Crippen LogP contribution in [0.15, 0.2) is 5.38 Å². The predicted octanol–water partition coefficient (Wildman–Crippen LogP) is 2.45. The quantitative estimate of drug-likeness (QED) is 0.742. The van der Waals surface area contributed by atoms with Crippen LogP contribution in [0.2, 0.25) is 0 Å². The normalized spacial score (nSPS) is 11.5. The molecule has 0 aliphatic rings. The van der Waals surface area contributed by atoms with Gasteiger partial charge in [-0.15, -0.1) is 11.3 Å². The number of ether oxygens (including phenoxy) is 1. The van der Waals surface area contributed by atoms with Gasteiger partial charge in [-0.25, -0.2) is 4.98 Å². The highest BCUT2D eigenvalue weighted by Crippen LogP contribution is 2.25. The van der Waals surface area contributed by atoms with Gasteiger partial charge in [0.1, 0.15) is 0 Å². The van der Waals surface area contributed by atoms with Crippen LogP contribution in [0.4, 0.5) is 0 Å².